The third kappa shape index (κ3) is 2.32. The Morgan fingerprint density at radius 1 is 1.36 bits per heavy atom. The zero-order valence-electron chi connectivity index (χ0n) is 8.32. The van der Waals surface area contributed by atoms with Crippen LogP contribution in [0.3, 0.4) is 0 Å². The summed E-state index contributed by atoms with van der Waals surface area (Å²) in [5.41, 5.74) is 3.57. The van der Waals surface area contributed by atoms with Crippen molar-refractivity contribution in [1.82, 2.24) is 5.43 Å². The number of methoxy groups -OCH3 is 1. The van der Waals surface area contributed by atoms with Gasteiger partial charge in [-0.2, -0.15) is 5.10 Å². The van der Waals surface area contributed by atoms with Crippen molar-refractivity contribution in [3.8, 4) is 5.75 Å². The van der Waals surface area contributed by atoms with Crippen LogP contribution in [0.2, 0.25) is 0 Å². The van der Waals surface area contributed by atoms with Crippen LogP contribution in [0.4, 0.5) is 0 Å². The first-order valence-electron chi connectivity index (χ1n) is 4.17. The highest BCUT2D eigenvalue weighted by Gasteiger charge is 2.00. The molecule has 0 saturated heterocycles. The van der Waals surface area contributed by atoms with E-state index in [0.717, 1.165) is 11.3 Å². The Balaban J connectivity index is 2.95. The van der Waals surface area contributed by atoms with Gasteiger partial charge < -0.3 is 10.2 Å². The Bertz CT molecular complexity index is 330. The molecule has 0 amide bonds. The number of hydrogen-bond acceptors (Lipinski definition) is 3. The average Bonchev–Trinajstić information content (AvgIpc) is 2.26. The molecule has 74 valence electrons. The molecule has 1 rings (SSSR count). The predicted molar refractivity (Wildman–Crippen MR) is 58.1 cm³/mol. The van der Waals surface area contributed by atoms with Crippen LogP contribution in [0.5, 0.6) is 5.75 Å². The van der Waals surface area contributed by atoms with Gasteiger partial charge in [-0.3, -0.25) is 0 Å². The lowest BCUT2D eigenvalue weighted by Gasteiger charge is -2.02. The number of nitrogens with zero attached hydrogens (tertiary/aromatic N) is 2. The minimum atomic E-state index is 0.565. The van der Waals surface area contributed by atoms with E-state index in [-0.39, 0.29) is 0 Å². The Morgan fingerprint density at radius 3 is 2.43 bits per heavy atom. The number of aliphatic imine (C=N–C) groups is 1. The maximum absolute atomic E-state index is 5.04. The summed E-state index contributed by atoms with van der Waals surface area (Å²) < 4.78 is 5.04. The van der Waals surface area contributed by atoms with Gasteiger partial charge in [-0.25, -0.2) is 4.99 Å². The van der Waals surface area contributed by atoms with Crippen molar-refractivity contribution in [3.05, 3.63) is 29.8 Å². The molecule has 0 bridgehead atoms. The number of amidine groups is 1. The first kappa shape index (κ1) is 10.2. The summed E-state index contributed by atoms with van der Waals surface area (Å²) in [5, 5.41) is 3.97. The van der Waals surface area contributed by atoms with Gasteiger partial charge in [0.05, 0.1) is 7.11 Å². The molecule has 0 saturated carbocycles. The van der Waals surface area contributed by atoms with E-state index in [9.17, 15) is 0 Å². The van der Waals surface area contributed by atoms with Gasteiger partial charge in [0.15, 0.2) is 5.84 Å². The van der Waals surface area contributed by atoms with Gasteiger partial charge in [0.1, 0.15) is 5.75 Å². The number of rotatable bonds is 3. The predicted octanol–water partition coefficient (Wildman–Crippen LogP) is 1.28. The fourth-order valence-electron chi connectivity index (χ4n) is 1.04. The van der Waals surface area contributed by atoms with Crippen LogP contribution in [0.15, 0.2) is 34.4 Å². The smallest absolute Gasteiger partial charge is 0.178 e. The minimum Gasteiger partial charge on any atom is -0.497 e. The molecule has 4 nitrogen and oxygen atoms in total. The van der Waals surface area contributed by atoms with Gasteiger partial charge >= 0.3 is 0 Å². The zero-order valence-corrected chi connectivity index (χ0v) is 8.32. The maximum atomic E-state index is 5.04. The van der Waals surface area contributed by atoms with E-state index >= 15 is 0 Å². The minimum absolute atomic E-state index is 0.565. The Morgan fingerprint density at radius 2 is 2.00 bits per heavy atom. The van der Waals surface area contributed by atoms with Crippen molar-refractivity contribution in [3.63, 3.8) is 0 Å². The van der Waals surface area contributed by atoms with Gasteiger partial charge in [0.25, 0.3) is 0 Å². The average molecular weight is 191 g/mol. The number of hydrogen-bond donors (Lipinski definition) is 1. The first-order valence-corrected chi connectivity index (χ1v) is 4.17. The molecule has 4 heteroatoms. The summed E-state index contributed by atoms with van der Waals surface area (Å²) in [6.07, 6.45) is 0. The normalized spacial score (nSPS) is 10.9. The van der Waals surface area contributed by atoms with Crippen molar-refractivity contribution in [2.75, 3.05) is 14.2 Å². The van der Waals surface area contributed by atoms with Crippen molar-refractivity contribution < 1.29 is 4.74 Å². The third-order valence-electron chi connectivity index (χ3n) is 1.72. The maximum Gasteiger partial charge on any atom is 0.178 e. The van der Waals surface area contributed by atoms with E-state index in [4.69, 9.17) is 4.74 Å². The Kier molecular flexibility index (Phi) is 3.67. The SMILES string of the molecule is C=N/C(=N\NC)c1ccc(OC)cc1. The largest absolute Gasteiger partial charge is 0.497 e. The summed E-state index contributed by atoms with van der Waals surface area (Å²) in [5.74, 6) is 1.37. The molecular formula is C10H13N3O. The Hall–Kier alpha value is -1.84. The fraction of sp³-hybridized carbons (Fsp3) is 0.200. The van der Waals surface area contributed by atoms with Crippen LogP contribution < -0.4 is 10.2 Å². The highest BCUT2D eigenvalue weighted by atomic mass is 16.5. The van der Waals surface area contributed by atoms with Crippen LogP contribution in [0.25, 0.3) is 0 Å². The topological polar surface area (TPSA) is 46.0 Å². The lowest BCUT2D eigenvalue weighted by atomic mass is 10.2. The van der Waals surface area contributed by atoms with Crippen molar-refractivity contribution in [1.29, 1.82) is 0 Å². The summed E-state index contributed by atoms with van der Waals surface area (Å²) in [6.45, 7) is 3.45. The first-order chi connectivity index (χ1) is 6.81. The lowest BCUT2D eigenvalue weighted by Crippen LogP contribution is -2.04. The second-order valence-electron chi connectivity index (χ2n) is 2.55. The molecule has 0 aliphatic heterocycles. The van der Waals surface area contributed by atoms with Crippen LogP contribution in [-0.4, -0.2) is 26.7 Å². The van der Waals surface area contributed by atoms with E-state index < -0.39 is 0 Å². The summed E-state index contributed by atoms with van der Waals surface area (Å²) in [6, 6.07) is 7.46. The van der Waals surface area contributed by atoms with E-state index in [1.54, 1.807) is 14.2 Å². The van der Waals surface area contributed by atoms with E-state index in [0.29, 0.717) is 5.84 Å². The second kappa shape index (κ2) is 5.01. The molecular weight excluding hydrogens is 178 g/mol. The van der Waals surface area contributed by atoms with E-state index in [1.807, 2.05) is 24.3 Å². The number of hydrazone groups is 1. The number of nitrogens with one attached hydrogen (secondary N) is 1. The van der Waals surface area contributed by atoms with Crippen molar-refractivity contribution >= 4 is 12.6 Å². The van der Waals surface area contributed by atoms with Crippen LogP contribution >= 0.6 is 0 Å². The lowest BCUT2D eigenvalue weighted by molar-refractivity contribution is 0.415. The van der Waals surface area contributed by atoms with E-state index in [2.05, 4.69) is 22.2 Å². The van der Waals surface area contributed by atoms with E-state index in [1.165, 1.54) is 0 Å². The molecule has 0 fully saturated rings. The van der Waals surface area contributed by atoms with Crippen LogP contribution in [0, 0.1) is 0 Å². The van der Waals surface area contributed by atoms with Crippen molar-refractivity contribution in [2.24, 2.45) is 10.1 Å². The van der Waals surface area contributed by atoms with Gasteiger partial charge in [0.2, 0.25) is 0 Å². The third-order valence-corrected chi connectivity index (χ3v) is 1.72. The fourth-order valence-corrected chi connectivity index (χ4v) is 1.04. The summed E-state index contributed by atoms with van der Waals surface area (Å²) in [4.78, 5) is 3.80. The molecule has 0 radical (unpaired) electrons. The monoisotopic (exact) mass is 191 g/mol. The summed E-state index contributed by atoms with van der Waals surface area (Å²) >= 11 is 0. The summed E-state index contributed by atoms with van der Waals surface area (Å²) in [7, 11) is 3.35. The molecule has 1 N–H and O–H groups in total. The molecule has 0 spiro atoms. The van der Waals surface area contributed by atoms with Gasteiger partial charge in [-0.05, 0) is 31.0 Å². The molecule has 0 aliphatic rings. The highest BCUT2D eigenvalue weighted by Crippen LogP contribution is 2.12. The highest BCUT2D eigenvalue weighted by molar-refractivity contribution is 6.01. The zero-order chi connectivity index (χ0) is 10.4. The molecule has 0 aromatic heterocycles. The molecule has 14 heavy (non-hydrogen) atoms. The molecule has 0 aliphatic carbocycles. The van der Waals surface area contributed by atoms with Gasteiger partial charge in [0, 0.05) is 12.6 Å². The Labute approximate surface area is 83.3 Å². The van der Waals surface area contributed by atoms with Crippen LogP contribution in [0.1, 0.15) is 5.56 Å². The molecule has 1 aromatic rings. The molecule has 0 atom stereocenters. The van der Waals surface area contributed by atoms with Crippen LogP contribution in [-0.2, 0) is 0 Å². The number of ether oxygens (including phenoxy) is 1. The second-order valence-corrected chi connectivity index (χ2v) is 2.55. The van der Waals surface area contributed by atoms with Crippen molar-refractivity contribution in [2.45, 2.75) is 0 Å². The van der Waals surface area contributed by atoms with Gasteiger partial charge in [-0.1, -0.05) is 0 Å². The molecule has 0 heterocycles. The quantitative estimate of drug-likeness (QED) is 0.444. The standard InChI is InChI=1S/C10H13N3O/c1-11-10(13-12-2)8-4-6-9(14-3)7-5-8/h4-7,12H,1H2,2-3H3/b13-10-. The van der Waals surface area contributed by atoms with Gasteiger partial charge in [-0.15, -0.1) is 0 Å². The number of benzene rings is 1. The molecule has 1 aromatic carbocycles. The molecule has 0 unspecified atom stereocenters.